The first kappa shape index (κ1) is 26.2. The van der Waals surface area contributed by atoms with Crippen molar-refractivity contribution in [1.29, 1.82) is 0 Å². The molecule has 0 amide bonds. The molecular weight excluding hydrogens is 294 g/mol. The highest BCUT2D eigenvalue weighted by Gasteiger charge is 1.96. The van der Waals surface area contributed by atoms with Gasteiger partial charge in [-0.1, -0.05) is 110 Å². The summed E-state index contributed by atoms with van der Waals surface area (Å²) in [6, 6.07) is 0. The highest BCUT2D eigenvalue weighted by Crippen LogP contribution is 2.14. The number of nitrogens with one attached hydrogen (secondary N) is 1. The van der Waals surface area contributed by atoms with Gasteiger partial charge < -0.3 is 10.4 Å². The zero-order chi connectivity index (χ0) is 18.3. The number of aliphatic hydroxyl groups excluding tert-OH is 1. The van der Waals surface area contributed by atoms with Crippen LogP contribution in [0, 0.1) is 0 Å². The van der Waals surface area contributed by atoms with Crippen molar-refractivity contribution in [2.75, 3.05) is 14.1 Å². The molecule has 0 aliphatic heterocycles. The Balaban J connectivity index is 0. The van der Waals surface area contributed by atoms with Crippen LogP contribution in [0.5, 0.6) is 0 Å². The lowest BCUT2D eigenvalue weighted by atomic mass is 10.0. The third-order valence-electron chi connectivity index (χ3n) is 4.48. The molecule has 0 bridgehead atoms. The second-order valence-corrected chi connectivity index (χ2v) is 7.44. The Morgan fingerprint density at radius 1 is 0.583 bits per heavy atom. The molecule has 2 N–H and O–H groups in total. The first-order valence-electron chi connectivity index (χ1n) is 11.0. The maximum atomic E-state index is 9.17. The average Bonchev–Trinajstić information content (AvgIpc) is 2.55. The van der Waals surface area contributed by atoms with E-state index in [1.165, 1.54) is 103 Å². The summed E-state index contributed by atoms with van der Waals surface area (Å²) in [5.41, 5.74) is 0. The lowest BCUT2D eigenvalue weighted by Crippen LogP contribution is -1.98. The molecule has 2 heteroatoms. The monoisotopic (exact) mass is 343 g/mol. The maximum absolute atomic E-state index is 9.17. The summed E-state index contributed by atoms with van der Waals surface area (Å²) < 4.78 is 0. The number of unbranched alkanes of at least 4 members (excludes halogenated alkanes) is 15. The van der Waals surface area contributed by atoms with Crippen LogP contribution < -0.4 is 5.32 Å². The second kappa shape index (κ2) is 25.2. The van der Waals surface area contributed by atoms with Crippen LogP contribution in [0.15, 0.2) is 0 Å². The summed E-state index contributed by atoms with van der Waals surface area (Å²) in [6.07, 6.45) is 23.5. The van der Waals surface area contributed by atoms with E-state index in [1.54, 1.807) is 0 Å². The topological polar surface area (TPSA) is 32.3 Å². The van der Waals surface area contributed by atoms with Crippen LogP contribution >= 0.6 is 0 Å². The molecule has 0 saturated heterocycles. The molecule has 0 aromatic rings. The highest BCUT2D eigenvalue weighted by molar-refractivity contribution is 4.51. The minimum atomic E-state index is -0.100. The molecule has 0 saturated carbocycles. The smallest absolute Gasteiger partial charge is 0.0512 e. The van der Waals surface area contributed by atoms with E-state index in [-0.39, 0.29) is 6.10 Å². The summed E-state index contributed by atoms with van der Waals surface area (Å²) in [4.78, 5) is 0. The van der Waals surface area contributed by atoms with Crippen molar-refractivity contribution in [3.8, 4) is 0 Å². The van der Waals surface area contributed by atoms with Gasteiger partial charge in [-0.25, -0.2) is 0 Å². The molecule has 0 aromatic heterocycles. The molecule has 2 nitrogen and oxygen atoms in total. The molecule has 0 aliphatic rings. The van der Waals surface area contributed by atoms with Crippen molar-refractivity contribution < 1.29 is 5.11 Å². The fourth-order valence-corrected chi connectivity index (χ4v) is 2.99. The first-order valence-corrected chi connectivity index (χ1v) is 11.0. The van der Waals surface area contributed by atoms with Crippen molar-refractivity contribution in [2.24, 2.45) is 0 Å². The van der Waals surface area contributed by atoms with Gasteiger partial charge in [-0.3, -0.25) is 0 Å². The lowest BCUT2D eigenvalue weighted by Gasteiger charge is -2.04. The fraction of sp³-hybridized carbons (Fsp3) is 1.00. The number of rotatable bonds is 17. The van der Waals surface area contributed by atoms with Crippen LogP contribution in [0.25, 0.3) is 0 Å². The van der Waals surface area contributed by atoms with Crippen LogP contribution in [-0.2, 0) is 0 Å². The molecule has 0 fully saturated rings. The molecule has 1 atom stereocenters. The molecule has 0 spiro atoms. The van der Waals surface area contributed by atoms with E-state index in [2.05, 4.69) is 12.2 Å². The van der Waals surface area contributed by atoms with Crippen molar-refractivity contribution in [2.45, 2.75) is 129 Å². The fourth-order valence-electron chi connectivity index (χ4n) is 2.99. The maximum Gasteiger partial charge on any atom is 0.0512 e. The Hall–Kier alpha value is -0.0800. The Kier molecular flexibility index (Phi) is 27.4. The van der Waals surface area contributed by atoms with Gasteiger partial charge in [0, 0.05) is 0 Å². The summed E-state index contributed by atoms with van der Waals surface area (Å²) >= 11 is 0. The summed E-state index contributed by atoms with van der Waals surface area (Å²) in [5, 5.41) is 11.9. The second-order valence-electron chi connectivity index (χ2n) is 7.44. The van der Waals surface area contributed by atoms with Gasteiger partial charge in [-0.15, -0.1) is 0 Å². The lowest BCUT2D eigenvalue weighted by molar-refractivity contribution is 0.180. The van der Waals surface area contributed by atoms with Gasteiger partial charge in [0.25, 0.3) is 0 Å². The van der Waals surface area contributed by atoms with Gasteiger partial charge in [-0.2, -0.15) is 0 Å². The minimum absolute atomic E-state index is 0.100. The molecule has 148 valence electrons. The highest BCUT2D eigenvalue weighted by atomic mass is 16.3. The zero-order valence-electron chi connectivity index (χ0n) is 17.5. The van der Waals surface area contributed by atoms with Crippen LogP contribution in [0.1, 0.15) is 123 Å². The summed E-state index contributed by atoms with van der Waals surface area (Å²) in [5.74, 6) is 0. The van der Waals surface area contributed by atoms with Crippen LogP contribution in [-0.4, -0.2) is 25.3 Å². The quantitative estimate of drug-likeness (QED) is 0.283. The minimum Gasteiger partial charge on any atom is -0.393 e. The van der Waals surface area contributed by atoms with Crippen LogP contribution in [0.4, 0.5) is 0 Å². The predicted octanol–water partition coefficient (Wildman–Crippen LogP) is 6.85. The normalized spacial score (nSPS) is 11.9. The average molecular weight is 344 g/mol. The molecule has 0 aliphatic carbocycles. The third kappa shape index (κ3) is 29.9. The Bertz CT molecular complexity index is 194. The van der Waals surface area contributed by atoms with Crippen LogP contribution in [0.3, 0.4) is 0 Å². The van der Waals surface area contributed by atoms with Gasteiger partial charge in [0.1, 0.15) is 0 Å². The van der Waals surface area contributed by atoms with E-state index in [0.29, 0.717) is 0 Å². The molecule has 0 radical (unpaired) electrons. The predicted molar refractivity (Wildman–Crippen MR) is 111 cm³/mol. The van der Waals surface area contributed by atoms with Gasteiger partial charge >= 0.3 is 0 Å². The van der Waals surface area contributed by atoms with Crippen molar-refractivity contribution in [3.63, 3.8) is 0 Å². The number of aliphatic hydroxyl groups is 1. The Morgan fingerprint density at radius 3 is 1.08 bits per heavy atom. The Morgan fingerprint density at radius 2 is 0.833 bits per heavy atom. The molecule has 1 unspecified atom stereocenters. The van der Waals surface area contributed by atoms with E-state index in [1.807, 2.05) is 21.0 Å². The number of hydrogen-bond acceptors (Lipinski definition) is 2. The van der Waals surface area contributed by atoms with Crippen molar-refractivity contribution in [1.82, 2.24) is 5.32 Å². The van der Waals surface area contributed by atoms with E-state index < -0.39 is 0 Å². The summed E-state index contributed by atoms with van der Waals surface area (Å²) in [6.45, 7) is 4.18. The van der Waals surface area contributed by atoms with Gasteiger partial charge in [0.05, 0.1) is 6.10 Å². The number of hydrogen-bond donors (Lipinski definition) is 2. The van der Waals surface area contributed by atoms with E-state index in [9.17, 15) is 0 Å². The van der Waals surface area contributed by atoms with E-state index in [0.717, 1.165) is 6.42 Å². The van der Waals surface area contributed by atoms with Crippen LogP contribution in [0.2, 0.25) is 0 Å². The third-order valence-corrected chi connectivity index (χ3v) is 4.48. The zero-order valence-corrected chi connectivity index (χ0v) is 17.5. The van der Waals surface area contributed by atoms with Gasteiger partial charge in [0.2, 0.25) is 0 Å². The summed E-state index contributed by atoms with van der Waals surface area (Å²) in [7, 11) is 3.75. The molecule has 0 aromatic carbocycles. The van der Waals surface area contributed by atoms with Crippen molar-refractivity contribution in [3.05, 3.63) is 0 Å². The largest absolute Gasteiger partial charge is 0.393 e. The molecule has 24 heavy (non-hydrogen) atoms. The van der Waals surface area contributed by atoms with E-state index >= 15 is 0 Å². The SMILES string of the molecule is CCCCCCCCCCCCCCCCCCC(C)O.CNC. The molecular formula is C22H49NO. The molecule has 0 heterocycles. The van der Waals surface area contributed by atoms with Gasteiger partial charge in [0.15, 0.2) is 0 Å². The van der Waals surface area contributed by atoms with E-state index in [4.69, 9.17) is 5.11 Å². The Labute approximate surface area is 154 Å². The first-order chi connectivity index (χ1) is 11.7. The molecule has 0 rings (SSSR count). The standard InChI is InChI=1S/C20H42O.C2H7N/c1-3-4-5-6-7-8-9-10-11-12-13-14-15-16-17-18-19-20(2)21;1-3-2/h20-21H,3-19H2,1-2H3;3H,1-2H3. The van der Waals surface area contributed by atoms with Crippen molar-refractivity contribution >= 4 is 0 Å². The van der Waals surface area contributed by atoms with Gasteiger partial charge in [-0.05, 0) is 27.4 Å².